The average Bonchev–Trinajstić information content (AvgIpc) is 3.00. The lowest BCUT2D eigenvalue weighted by Gasteiger charge is -2.58. The molecule has 0 bridgehead atoms. The number of benzene rings is 1. The highest BCUT2D eigenvalue weighted by Gasteiger charge is 2.54. The molecule has 2 heterocycles. The van der Waals surface area contributed by atoms with E-state index in [1.807, 2.05) is 34.5 Å². The third-order valence-electron chi connectivity index (χ3n) is 5.34. The molecule has 1 spiro atoms. The molecule has 2 fully saturated rings. The smallest absolute Gasteiger partial charge is 0.227 e. The van der Waals surface area contributed by atoms with Crippen molar-refractivity contribution in [1.29, 1.82) is 0 Å². The van der Waals surface area contributed by atoms with Gasteiger partial charge in [-0.3, -0.25) is 9.59 Å². The monoisotopic (exact) mass is 355 g/mol. The van der Waals surface area contributed by atoms with E-state index in [1.165, 1.54) is 0 Å². The maximum absolute atomic E-state index is 12.5. The van der Waals surface area contributed by atoms with Gasteiger partial charge in [0, 0.05) is 36.2 Å². The van der Waals surface area contributed by atoms with Gasteiger partial charge in [0.05, 0.1) is 11.4 Å². The van der Waals surface area contributed by atoms with Crippen molar-refractivity contribution in [3.63, 3.8) is 0 Å². The fraction of sp³-hybridized carbons (Fsp3) is 0.368. The van der Waals surface area contributed by atoms with Crippen molar-refractivity contribution >= 4 is 34.5 Å². The molecule has 4 rings (SSSR count). The molecule has 2 aromatic rings. The number of nitrogen functional groups attached to an aromatic ring is 1. The van der Waals surface area contributed by atoms with Crippen LogP contribution in [0.15, 0.2) is 35.7 Å². The van der Waals surface area contributed by atoms with Gasteiger partial charge in [0.1, 0.15) is 0 Å². The molecule has 2 amide bonds. The van der Waals surface area contributed by atoms with Gasteiger partial charge >= 0.3 is 0 Å². The maximum Gasteiger partial charge on any atom is 0.227 e. The highest BCUT2D eigenvalue weighted by molar-refractivity contribution is 7.13. The summed E-state index contributed by atoms with van der Waals surface area (Å²) in [5, 5.41) is 5.02. The Bertz CT molecular complexity index is 817. The van der Waals surface area contributed by atoms with Gasteiger partial charge < -0.3 is 16.0 Å². The minimum atomic E-state index is 0.0129. The molecule has 25 heavy (non-hydrogen) atoms. The van der Waals surface area contributed by atoms with Crippen LogP contribution in [0.25, 0.3) is 10.4 Å². The first-order valence-corrected chi connectivity index (χ1v) is 9.34. The molecule has 6 heteroatoms. The van der Waals surface area contributed by atoms with Crippen LogP contribution >= 0.6 is 11.3 Å². The van der Waals surface area contributed by atoms with Gasteiger partial charge in [-0.25, -0.2) is 0 Å². The van der Waals surface area contributed by atoms with Gasteiger partial charge in [-0.05, 0) is 42.0 Å². The van der Waals surface area contributed by atoms with Crippen molar-refractivity contribution in [2.75, 3.05) is 24.1 Å². The number of rotatable bonds is 3. The number of carbonyl (C=O) groups excluding carboxylic acids is 2. The fourth-order valence-electron chi connectivity index (χ4n) is 3.91. The van der Waals surface area contributed by atoms with Crippen LogP contribution < -0.4 is 11.1 Å². The second-order valence-corrected chi connectivity index (χ2v) is 8.20. The Morgan fingerprint density at radius 1 is 1.28 bits per heavy atom. The Labute approximate surface area is 150 Å². The molecule has 1 aliphatic heterocycles. The Balaban J connectivity index is 1.39. The van der Waals surface area contributed by atoms with Crippen molar-refractivity contribution < 1.29 is 9.59 Å². The van der Waals surface area contributed by atoms with E-state index in [0.717, 1.165) is 36.4 Å². The van der Waals surface area contributed by atoms with Crippen molar-refractivity contribution in [3.8, 4) is 10.4 Å². The van der Waals surface area contributed by atoms with E-state index in [0.29, 0.717) is 11.4 Å². The van der Waals surface area contributed by atoms with Crippen LogP contribution in [-0.4, -0.2) is 29.8 Å². The topological polar surface area (TPSA) is 75.4 Å². The van der Waals surface area contributed by atoms with E-state index < -0.39 is 0 Å². The molecule has 1 saturated carbocycles. The first-order chi connectivity index (χ1) is 12.0. The zero-order valence-corrected chi connectivity index (χ0v) is 14.9. The molecule has 2 aliphatic rings. The van der Waals surface area contributed by atoms with Crippen molar-refractivity contribution in [2.45, 2.75) is 19.8 Å². The normalized spacial score (nSPS) is 18.5. The fourth-order valence-corrected chi connectivity index (χ4v) is 4.63. The number of amides is 2. The molecular weight excluding hydrogens is 334 g/mol. The van der Waals surface area contributed by atoms with Crippen LogP contribution in [0, 0.1) is 11.3 Å². The largest absolute Gasteiger partial charge is 0.397 e. The van der Waals surface area contributed by atoms with E-state index in [1.54, 1.807) is 18.3 Å². The quantitative estimate of drug-likeness (QED) is 0.830. The average molecular weight is 355 g/mol. The number of nitrogens with zero attached hydrogens (tertiary/aromatic N) is 1. The van der Waals surface area contributed by atoms with Crippen molar-refractivity contribution in [2.24, 2.45) is 11.3 Å². The van der Waals surface area contributed by atoms with Crippen molar-refractivity contribution in [1.82, 2.24) is 4.90 Å². The standard InChI is InChI=1S/C19H21N3O2S/c1-12(23)22-10-19(11-22)8-14(9-19)18(24)21-16-7-13(4-5-15(16)20)17-3-2-6-25-17/h2-7,14H,8-11,20H2,1H3,(H,21,24). The number of anilines is 2. The van der Waals surface area contributed by atoms with Crippen LogP contribution in [0.2, 0.25) is 0 Å². The van der Waals surface area contributed by atoms with E-state index in [4.69, 9.17) is 5.73 Å². The molecule has 130 valence electrons. The van der Waals surface area contributed by atoms with Crippen molar-refractivity contribution in [3.05, 3.63) is 35.7 Å². The maximum atomic E-state index is 12.5. The van der Waals surface area contributed by atoms with E-state index in [-0.39, 0.29) is 23.1 Å². The zero-order valence-electron chi connectivity index (χ0n) is 14.1. The van der Waals surface area contributed by atoms with Gasteiger partial charge in [-0.2, -0.15) is 0 Å². The highest BCUT2D eigenvalue weighted by atomic mass is 32.1. The Kier molecular flexibility index (Phi) is 3.80. The lowest BCUT2D eigenvalue weighted by molar-refractivity contribution is -0.156. The second kappa shape index (κ2) is 5.88. The molecule has 0 atom stereocenters. The first-order valence-electron chi connectivity index (χ1n) is 8.46. The molecule has 1 saturated heterocycles. The van der Waals surface area contributed by atoms with E-state index in [9.17, 15) is 9.59 Å². The zero-order chi connectivity index (χ0) is 17.6. The van der Waals surface area contributed by atoms with Gasteiger partial charge in [0.25, 0.3) is 0 Å². The lowest BCUT2D eigenvalue weighted by atomic mass is 9.57. The lowest BCUT2D eigenvalue weighted by Crippen LogP contribution is -2.64. The third-order valence-corrected chi connectivity index (χ3v) is 6.26. The third kappa shape index (κ3) is 2.91. The summed E-state index contributed by atoms with van der Waals surface area (Å²) in [6.07, 6.45) is 1.71. The molecule has 5 nitrogen and oxygen atoms in total. The summed E-state index contributed by atoms with van der Waals surface area (Å²) < 4.78 is 0. The number of thiophene rings is 1. The first kappa shape index (κ1) is 16.1. The van der Waals surface area contributed by atoms with Crippen LogP contribution in [0.5, 0.6) is 0 Å². The number of carbonyl (C=O) groups is 2. The SMILES string of the molecule is CC(=O)N1CC2(CC(C(=O)Nc3cc(-c4cccs4)ccc3N)C2)C1. The molecule has 0 radical (unpaired) electrons. The summed E-state index contributed by atoms with van der Waals surface area (Å²) in [7, 11) is 0. The molecule has 1 aliphatic carbocycles. The number of nitrogens with one attached hydrogen (secondary N) is 1. The summed E-state index contributed by atoms with van der Waals surface area (Å²) in [6.45, 7) is 3.18. The van der Waals surface area contributed by atoms with Gasteiger partial charge in [-0.15, -0.1) is 11.3 Å². The highest BCUT2D eigenvalue weighted by Crippen LogP contribution is 2.52. The van der Waals surface area contributed by atoms with Gasteiger partial charge in [0.15, 0.2) is 0 Å². The Morgan fingerprint density at radius 2 is 2.04 bits per heavy atom. The summed E-state index contributed by atoms with van der Waals surface area (Å²) >= 11 is 1.66. The predicted molar refractivity (Wildman–Crippen MR) is 100 cm³/mol. The van der Waals surface area contributed by atoms with Crippen LogP contribution in [0.4, 0.5) is 11.4 Å². The van der Waals surface area contributed by atoms with Gasteiger partial charge in [-0.1, -0.05) is 12.1 Å². The molecule has 1 aromatic heterocycles. The Morgan fingerprint density at radius 3 is 2.68 bits per heavy atom. The predicted octanol–water partition coefficient (Wildman–Crippen LogP) is 3.19. The molecule has 3 N–H and O–H groups in total. The van der Waals surface area contributed by atoms with Crippen LogP contribution in [0.3, 0.4) is 0 Å². The molecule has 1 aromatic carbocycles. The summed E-state index contributed by atoms with van der Waals surface area (Å²) in [5.74, 6) is 0.164. The number of hydrogen-bond donors (Lipinski definition) is 2. The molecular formula is C19H21N3O2S. The summed E-state index contributed by atoms with van der Waals surface area (Å²) in [5.41, 5.74) is 8.53. The summed E-state index contributed by atoms with van der Waals surface area (Å²) in [4.78, 5) is 26.8. The van der Waals surface area contributed by atoms with E-state index >= 15 is 0 Å². The van der Waals surface area contributed by atoms with E-state index in [2.05, 4.69) is 11.4 Å². The summed E-state index contributed by atoms with van der Waals surface area (Å²) in [6, 6.07) is 9.80. The number of hydrogen-bond acceptors (Lipinski definition) is 4. The van der Waals surface area contributed by atoms with Gasteiger partial charge in [0.2, 0.25) is 11.8 Å². The Hall–Kier alpha value is -2.34. The van der Waals surface area contributed by atoms with Crippen LogP contribution in [-0.2, 0) is 9.59 Å². The number of likely N-dealkylation sites (tertiary alicyclic amines) is 1. The van der Waals surface area contributed by atoms with Crippen LogP contribution in [0.1, 0.15) is 19.8 Å². The second-order valence-electron chi connectivity index (χ2n) is 7.25. The number of nitrogens with two attached hydrogens (primary N) is 1. The minimum Gasteiger partial charge on any atom is -0.397 e. The minimum absolute atomic E-state index is 0.0129. The molecule has 0 unspecified atom stereocenters.